The average molecular weight is 201 g/mol. The summed E-state index contributed by atoms with van der Waals surface area (Å²) in [6.45, 7) is 2.76. The van der Waals surface area contributed by atoms with Crippen LogP contribution in [0.3, 0.4) is 0 Å². The topological polar surface area (TPSA) is 37.8 Å². The monoisotopic (exact) mass is 201 g/mol. The van der Waals surface area contributed by atoms with Gasteiger partial charge in [0.25, 0.3) is 0 Å². The van der Waals surface area contributed by atoms with E-state index in [0.717, 1.165) is 25.3 Å². The second kappa shape index (κ2) is 5.47. The number of anilines is 1. The number of hydrogen-bond donors (Lipinski definition) is 1. The molecule has 0 spiro atoms. The molecule has 14 heavy (non-hydrogen) atoms. The lowest BCUT2D eigenvalue weighted by atomic mass is 10.2. The lowest BCUT2D eigenvalue weighted by Gasteiger charge is -2.03. The van der Waals surface area contributed by atoms with Crippen molar-refractivity contribution in [3.8, 4) is 0 Å². The summed E-state index contributed by atoms with van der Waals surface area (Å²) < 4.78 is 25.1. The highest BCUT2D eigenvalue weighted by molar-refractivity contribution is 5.31. The molecule has 1 aromatic rings. The van der Waals surface area contributed by atoms with Gasteiger partial charge in [-0.1, -0.05) is 19.8 Å². The van der Waals surface area contributed by atoms with E-state index in [-0.39, 0.29) is 5.82 Å². The van der Waals surface area contributed by atoms with E-state index in [4.69, 9.17) is 0 Å². The lowest BCUT2D eigenvalue weighted by Crippen LogP contribution is -2.06. The third-order valence-corrected chi connectivity index (χ3v) is 1.75. The predicted molar refractivity (Wildman–Crippen MR) is 50.0 cm³/mol. The van der Waals surface area contributed by atoms with E-state index >= 15 is 0 Å². The smallest absolute Gasteiger partial charge is 0.313 e. The van der Waals surface area contributed by atoms with Crippen molar-refractivity contribution >= 4 is 5.82 Å². The lowest BCUT2D eigenvalue weighted by molar-refractivity contribution is 0.484. The molecule has 0 saturated heterocycles. The SMILES string of the molecule is CCCCCNc1cc(F)nc(F)n1. The van der Waals surface area contributed by atoms with Gasteiger partial charge in [-0.2, -0.15) is 18.7 Å². The molecule has 0 atom stereocenters. The fourth-order valence-corrected chi connectivity index (χ4v) is 1.07. The summed E-state index contributed by atoms with van der Waals surface area (Å²) in [6.07, 6.45) is 2.11. The van der Waals surface area contributed by atoms with Crippen LogP contribution in [0.1, 0.15) is 26.2 Å². The Hall–Kier alpha value is -1.26. The van der Waals surface area contributed by atoms with E-state index in [9.17, 15) is 8.78 Å². The summed E-state index contributed by atoms with van der Waals surface area (Å²) >= 11 is 0. The minimum atomic E-state index is -1.04. The van der Waals surface area contributed by atoms with Crippen molar-refractivity contribution in [3.63, 3.8) is 0 Å². The van der Waals surface area contributed by atoms with Gasteiger partial charge in [-0.15, -0.1) is 0 Å². The highest BCUT2D eigenvalue weighted by Crippen LogP contribution is 2.05. The Morgan fingerprint density at radius 3 is 2.71 bits per heavy atom. The first-order chi connectivity index (χ1) is 6.72. The second-order valence-corrected chi connectivity index (χ2v) is 2.98. The molecule has 0 amide bonds. The molecule has 78 valence electrons. The van der Waals surface area contributed by atoms with Gasteiger partial charge in [-0.05, 0) is 6.42 Å². The van der Waals surface area contributed by atoms with Gasteiger partial charge in [0.15, 0.2) is 0 Å². The molecule has 0 saturated carbocycles. The minimum Gasteiger partial charge on any atom is -0.370 e. The highest BCUT2D eigenvalue weighted by Gasteiger charge is 2.01. The first-order valence-electron chi connectivity index (χ1n) is 4.66. The first kappa shape index (κ1) is 10.8. The number of nitrogens with one attached hydrogen (secondary N) is 1. The molecule has 0 aliphatic carbocycles. The van der Waals surface area contributed by atoms with Crippen LogP contribution in [0.4, 0.5) is 14.6 Å². The van der Waals surface area contributed by atoms with Gasteiger partial charge >= 0.3 is 6.08 Å². The number of halogens is 2. The maximum Gasteiger partial charge on any atom is 0.313 e. The van der Waals surface area contributed by atoms with E-state index < -0.39 is 12.0 Å². The maximum atomic E-state index is 12.6. The third-order valence-electron chi connectivity index (χ3n) is 1.75. The molecule has 1 aromatic heterocycles. The van der Waals surface area contributed by atoms with Crippen molar-refractivity contribution in [2.24, 2.45) is 0 Å². The Kier molecular flexibility index (Phi) is 4.22. The molecule has 5 heteroatoms. The molecule has 1 N–H and O–H groups in total. The van der Waals surface area contributed by atoms with Crippen molar-refractivity contribution in [1.82, 2.24) is 9.97 Å². The molecule has 0 unspecified atom stereocenters. The van der Waals surface area contributed by atoms with Crippen LogP contribution in [-0.4, -0.2) is 16.5 Å². The number of hydrogen-bond acceptors (Lipinski definition) is 3. The van der Waals surface area contributed by atoms with Crippen molar-refractivity contribution in [2.75, 3.05) is 11.9 Å². The largest absolute Gasteiger partial charge is 0.370 e. The molecule has 0 aliphatic rings. The van der Waals surface area contributed by atoms with Gasteiger partial charge in [-0.25, -0.2) is 0 Å². The summed E-state index contributed by atoms with van der Waals surface area (Å²) in [4.78, 5) is 6.30. The maximum absolute atomic E-state index is 12.6. The summed E-state index contributed by atoms with van der Waals surface area (Å²) in [6, 6.07) is 1.08. The minimum absolute atomic E-state index is 0.200. The Morgan fingerprint density at radius 2 is 2.07 bits per heavy atom. The van der Waals surface area contributed by atoms with Crippen molar-refractivity contribution in [1.29, 1.82) is 0 Å². The van der Waals surface area contributed by atoms with Crippen molar-refractivity contribution < 1.29 is 8.78 Å². The van der Waals surface area contributed by atoms with Crippen molar-refractivity contribution in [3.05, 3.63) is 18.1 Å². The van der Waals surface area contributed by atoms with Crippen LogP contribution in [0.2, 0.25) is 0 Å². The number of unbranched alkanes of at least 4 members (excludes halogenated alkanes) is 2. The van der Waals surface area contributed by atoms with Crippen LogP contribution in [-0.2, 0) is 0 Å². The summed E-state index contributed by atoms with van der Waals surface area (Å²) in [7, 11) is 0. The van der Waals surface area contributed by atoms with E-state index in [1.807, 2.05) is 0 Å². The fraction of sp³-hybridized carbons (Fsp3) is 0.556. The summed E-state index contributed by atoms with van der Waals surface area (Å²) in [5.41, 5.74) is 0. The van der Waals surface area contributed by atoms with Crippen LogP contribution in [0.15, 0.2) is 6.07 Å². The third kappa shape index (κ3) is 3.64. The molecular formula is C9H13F2N3. The molecule has 0 bridgehead atoms. The molecule has 0 aromatic carbocycles. The predicted octanol–water partition coefficient (Wildman–Crippen LogP) is 2.36. The van der Waals surface area contributed by atoms with Gasteiger partial charge in [-0.3, -0.25) is 0 Å². The van der Waals surface area contributed by atoms with Gasteiger partial charge in [0.1, 0.15) is 5.82 Å². The first-order valence-corrected chi connectivity index (χ1v) is 4.66. The number of nitrogens with zero attached hydrogens (tertiary/aromatic N) is 2. The van der Waals surface area contributed by atoms with Crippen molar-refractivity contribution in [2.45, 2.75) is 26.2 Å². The Bertz CT molecular complexity index is 271. The van der Waals surface area contributed by atoms with E-state index in [0.29, 0.717) is 6.54 Å². The zero-order valence-corrected chi connectivity index (χ0v) is 8.06. The Morgan fingerprint density at radius 1 is 1.29 bits per heavy atom. The highest BCUT2D eigenvalue weighted by atomic mass is 19.1. The summed E-state index contributed by atoms with van der Waals surface area (Å²) in [5, 5.41) is 2.83. The van der Waals surface area contributed by atoms with Gasteiger partial charge in [0, 0.05) is 12.6 Å². The normalized spacial score (nSPS) is 10.2. The molecular weight excluding hydrogens is 188 g/mol. The van der Waals surface area contributed by atoms with Crippen LogP contribution in [0, 0.1) is 12.0 Å². The van der Waals surface area contributed by atoms with Gasteiger partial charge in [0.05, 0.1) is 0 Å². The van der Waals surface area contributed by atoms with Crippen LogP contribution >= 0.6 is 0 Å². The molecule has 1 rings (SSSR count). The molecule has 1 heterocycles. The number of rotatable bonds is 5. The molecule has 0 aliphatic heterocycles. The van der Waals surface area contributed by atoms with E-state index in [1.165, 1.54) is 0 Å². The second-order valence-electron chi connectivity index (χ2n) is 2.98. The van der Waals surface area contributed by atoms with E-state index in [1.54, 1.807) is 0 Å². The van der Waals surface area contributed by atoms with Crippen LogP contribution < -0.4 is 5.32 Å². The van der Waals surface area contributed by atoms with Crippen LogP contribution in [0.5, 0.6) is 0 Å². The molecule has 0 fully saturated rings. The van der Waals surface area contributed by atoms with E-state index in [2.05, 4.69) is 22.2 Å². The quantitative estimate of drug-likeness (QED) is 0.451. The molecule has 0 radical (unpaired) electrons. The summed E-state index contributed by atoms with van der Waals surface area (Å²) in [5.74, 6) is -0.651. The zero-order chi connectivity index (χ0) is 10.4. The fourth-order valence-electron chi connectivity index (χ4n) is 1.07. The Balaban J connectivity index is 2.42. The van der Waals surface area contributed by atoms with Crippen LogP contribution in [0.25, 0.3) is 0 Å². The average Bonchev–Trinajstić information content (AvgIpc) is 2.11. The van der Waals surface area contributed by atoms with Gasteiger partial charge < -0.3 is 5.32 Å². The van der Waals surface area contributed by atoms with Gasteiger partial charge in [0.2, 0.25) is 5.95 Å². The standard InChI is InChI=1S/C9H13F2N3/c1-2-3-4-5-12-8-6-7(10)13-9(11)14-8/h6H,2-5H2,1H3,(H,12,13,14). The molecule has 3 nitrogen and oxygen atoms in total. The number of aromatic nitrogens is 2. The Labute approximate surface area is 81.6 Å². The zero-order valence-electron chi connectivity index (χ0n) is 8.06.